The molecule has 2 aliphatic heterocycles. The molecular weight excluding hydrogens is 356 g/mol. The van der Waals surface area contributed by atoms with Crippen LogP contribution in [-0.2, 0) is 6.54 Å². The molecule has 2 aromatic rings. The molecule has 7 nitrogen and oxygen atoms in total. The van der Waals surface area contributed by atoms with Gasteiger partial charge in [0.1, 0.15) is 11.4 Å². The lowest BCUT2D eigenvalue weighted by Crippen LogP contribution is -2.05. The van der Waals surface area contributed by atoms with Crippen LogP contribution in [0.2, 0.25) is 0 Å². The van der Waals surface area contributed by atoms with Crippen LogP contribution in [0.4, 0.5) is 14.5 Å². The number of rotatable bonds is 4. The number of aromatic nitrogens is 4. The summed E-state index contributed by atoms with van der Waals surface area (Å²) in [6.45, 7) is 0.286. The number of imidazole rings is 1. The van der Waals surface area contributed by atoms with Gasteiger partial charge in [-0.25, -0.2) is 18.7 Å². The second kappa shape index (κ2) is 6.52. The van der Waals surface area contributed by atoms with E-state index in [1.54, 1.807) is 23.0 Å². The predicted octanol–water partition coefficient (Wildman–Crippen LogP) is 3.68. The first-order chi connectivity index (χ1) is 13.0. The zero-order chi connectivity index (χ0) is 19.0. The summed E-state index contributed by atoms with van der Waals surface area (Å²) >= 11 is 0. The average Bonchev–Trinajstić information content (AvgIpc) is 3.07. The minimum absolute atomic E-state index is 0.00820. The first-order valence-electron chi connectivity index (χ1n) is 7.89. The van der Waals surface area contributed by atoms with Gasteiger partial charge in [-0.15, -0.1) is 0 Å². The lowest BCUT2D eigenvalue weighted by atomic mass is 10.2. The Kier molecular flexibility index (Phi) is 4.03. The highest BCUT2D eigenvalue weighted by atomic mass is 19.2. The average molecular weight is 367 g/mol. The molecule has 2 heterocycles. The molecule has 0 amide bonds. The van der Waals surface area contributed by atoms with Crippen molar-refractivity contribution in [3.05, 3.63) is 82.2 Å². The monoisotopic (exact) mass is 367 g/mol. The van der Waals surface area contributed by atoms with Gasteiger partial charge < -0.3 is 0 Å². The Morgan fingerprint density at radius 3 is 2.67 bits per heavy atom. The minimum Gasteiger partial charge on any atom is -0.266 e. The predicted molar refractivity (Wildman–Crippen MR) is 92.0 cm³/mol. The van der Waals surface area contributed by atoms with Gasteiger partial charge in [-0.05, 0) is 17.7 Å². The molecule has 0 radical (unpaired) electrons. The quantitative estimate of drug-likeness (QED) is 0.406. The van der Waals surface area contributed by atoms with Gasteiger partial charge in [-0.3, -0.25) is 14.8 Å². The van der Waals surface area contributed by atoms with Crippen LogP contribution in [-0.4, -0.2) is 24.7 Å². The van der Waals surface area contributed by atoms with Crippen LogP contribution in [0.3, 0.4) is 0 Å². The third-order valence-electron chi connectivity index (χ3n) is 3.97. The summed E-state index contributed by atoms with van der Waals surface area (Å²) in [6.07, 6.45) is 3.06. The highest BCUT2D eigenvalue weighted by molar-refractivity contribution is 5.65. The largest absolute Gasteiger partial charge is 0.269 e. The molecule has 0 saturated carbocycles. The molecule has 0 bridgehead atoms. The minimum atomic E-state index is -1.01. The molecule has 9 heteroatoms. The molecule has 4 rings (SSSR count). The van der Waals surface area contributed by atoms with E-state index in [2.05, 4.69) is 15.1 Å². The van der Waals surface area contributed by atoms with Crippen LogP contribution in [0.15, 0.2) is 54.9 Å². The fraction of sp³-hybridized carbons (Fsp3) is 0.0556. The Bertz CT molecular complexity index is 1130. The Labute approximate surface area is 151 Å². The van der Waals surface area contributed by atoms with Gasteiger partial charge in [0.05, 0.1) is 29.4 Å². The van der Waals surface area contributed by atoms with E-state index in [4.69, 9.17) is 0 Å². The van der Waals surface area contributed by atoms with E-state index in [1.165, 1.54) is 30.5 Å². The maximum Gasteiger partial charge on any atom is 0.269 e. The van der Waals surface area contributed by atoms with Crippen molar-refractivity contribution in [1.82, 2.24) is 19.7 Å². The van der Waals surface area contributed by atoms with Crippen LogP contribution in [0.5, 0.6) is 0 Å². The van der Waals surface area contributed by atoms with Crippen molar-refractivity contribution >= 4 is 5.69 Å². The molecular formula is C18H11F2N5O2. The molecule has 0 spiro atoms. The summed E-state index contributed by atoms with van der Waals surface area (Å²) < 4.78 is 28.9. The van der Waals surface area contributed by atoms with Crippen molar-refractivity contribution in [3.63, 3.8) is 0 Å². The number of hydrogen-bond acceptors (Lipinski definition) is 5. The van der Waals surface area contributed by atoms with Crippen molar-refractivity contribution in [2.45, 2.75) is 6.54 Å². The number of nitrogens with zero attached hydrogens (tertiary/aromatic N) is 5. The van der Waals surface area contributed by atoms with Gasteiger partial charge in [0, 0.05) is 12.1 Å². The molecule has 0 aromatic heterocycles. The van der Waals surface area contributed by atoms with Crippen molar-refractivity contribution in [1.29, 1.82) is 0 Å². The number of hydrogen-bond donors (Lipinski definition) is 0. The number of nitro benzene ring substituents is 1. The molecule has 134 valence electrons. The van der Waals surface area contributed by atoms with Crippen molar-refractivity contribution in [3.8, 4) is 22.8 Å². The van der Waals surface area contributed by atoms with Gasteiger partial charge in [0.15, 0.2) is 17.5 Å². The molecule has 0 saturated heterocycles. The molecule has 0 fully saturated rings. The fourth-order valence-corrected chi connectivity index (χ4v) is 2.70. The maximum atomic E-state index is 14.0. The van der Waals surface area contributed by atoms with Crippen LogP contribution in [0.1, 0.15) is 5.56 Å². The lowest BCUT2D eigenvalue weighted by molar-refractivity contribution is -0.384. The number of halogens is 2. The second-order valence-corrected chi connectivity index (χ2v) is 5.82. The SMILES string of the molecule is O=[N+]([O-])c1cccc(Cn2cc3nc(-c4cccc(F)c4F)nc-3cn2)c1. The Morgan fingerprint density at radius 2 is 1.85 bits per heavy atom. The van der Waals surface area contributed by atoms with Gasteiger partial charge in [0.2, 0.25) is 0 Å². The van der Waals surface area contributed by atoms with E-state index in [-0.39, 0.29) is 23.6 Å². The van der Waals surface area contributed by atoms with Crippen molar-refractivity contribution < 1.29 is 13.7 Å². The number of fused-ring (bicyclic) bond motifs is 1. The van der Waals surface area contributed by atoms with Crippen LogP contribution >= 0.6 is 0 Å². The highest BCUT2D eigenvalue weighted by Gasteiger charge is 2.18. The van der Waals surface area contributed by atoms with E-state index in [9.17, 15) is 18.9 Å². The highest BCUT2D eigenvalue weighted by Crippen LogP contribution is 2.27. The zero-order valence-corrected chi connectivity index (χ0v) is 13.7. The van der Waals surface area contributed by atoms with Crippen LogP contribution in [0.25, 0.3) is 22.8 Å². The topological polar surface area (TPSA) is 86.7 Å². The summed E-state index contributed by atoms with van der Waals surface area (Å²) in [5.41, 5.74) is 1.54. The Morgan fingerprint density at radius 1 is 1.07 bits per heavy atom. The molecule has 27 heavy (non-hydrogen) atoms. The van der Waals surface area contributed by atoms with Crippen molar-refractivity contribution in [2.24, 2.45) is 0 Å². The Balaban J connectivity index is 1.67. The fourth-order valence-electron chi connectivity index (χ4n) is 2.70. The molecule has 0 aliphatic carbocycles. The number of non-ortho nitro benzene ring substituents is 1. The van der Waals surface area contributed by atoms with Gasteiger partial charge in [0.25, 0.3) is 5.69 Å². The third-order valence-corrected chi connectivity index (χ3v) is 3.97. The summed E-state index contributed by atoms with van der Waals surface area (Å²) in [5, 5.41) is 15.1. The number of nitro groups is 1. The van der Waals surface area contributed by atoms with Crippen LogP contribution < -0.4 is 0 Å². The maximum absolute atomic E-state index is 14.0. The number of benzene rings is 2. The Hall–Kier alpha value is -3.75. The summed E-state index contributed by atoms with van der Waals surface area (Å²) in [4.78, 5) is 18.8. The van der Waals surface area contributed by atoms with E-state index >= 15 is 0 Å². The van der Waals surface area contributed by atoms with Gasteiger partial charge in [-0.1, -0.05) is 18.2 Å². The van der Waals surface area contributed by atoms with Gasteiger partial charge >= 0.3 is 0 Å². The summed E-state index contributed by atoms with van der Waals surface area (Å²) in [5.74, 6) is -1.91. The van der Waals surface area contributed by atoms with E-state index < -0.39 is 16.6 Å². The standard InChI is InChI=1S/C18H11F2N5O2/c19-14-6-2-5-13(17(14)20)18-22-15-8-21-24(10-16(15)23-18)9-11-3-1-4-12(7-11)25(26)27/h1-8,10H,9H2. The molecule has 2 aromatic carbocycles. The van der Waals surface area contributed by atoms with Gasteiger partial charge in [-0.2, -0.15) is 5.10 Å². The normalized spacial score (nSPS) is 11.0. The molecule has 0 N–H and O–H groups in total. The van der Waals surface area contributed by atoms with E-state index in [0.29, 0.717) is 17.0 Å². The third kappa shape index (κ3) is 3.22. The van der Waals surface area contributed by atoms with Crippen LogP contribution in [0, 0.1) is 21.7 Å². The summed E-state index contributed by atoms with van der Waals surface area (Å²) in [7, 11) is 0. The van der Waals surface area contributed by atoms with E-state index in [0.717, 1.165) is 6.07 Å². The molecule has 0 atom stereocenters. The first kappa shape index (κ1) is 16.7. The van der Waals surface area contributed by atoms with E-state index in [1.807, 2.05) is 0 Å². The zero-order valence-electron chi connectivity index (χ0n) is 13.7. The van der Waals surface area contributed by atoms with Crippen molar-refractivity contribution in [2.75, 3.05) is 0 Å². The second-order valence-electron chi connectivity index (χ2n) is 5.82. The smallest absolute Gasteiger partial charge is 0.266 e. The first-order valence-corrected chi connectivity index (χ1v) is 7.89. The molecule has 0 unspecified atom stereocenters. The molecule has 2 aliphatic rings. The summed E-state index contributed by atoms with van der Waals surface area (Å²) in [6, 6.07) is 10.0. The lowest BCUT2D eigenvalue weighted by Gasteiger charge is -2.06.